The topological polar surface area (TPSA) is 87.8 Å². The molecule has 4 heterocycles. The molecule has 0 saturated carbocycles. The van der Waals surface area contributed by atoms with Gasteiger partial charge in [0.1, 0.15) is 18.0 Å². The highest BCUT2D eigenvalue weighted by atomic mass is 16.5. The molecule has 30 heavy (non-hydrogen) atoms. The number of nitrogens with one attached hydrogen (secondary N) is 1. The summed E-state index contributed by atoms with van der Waals surface area (Å²) in [4.78, 5) is 29.9. The second-order valence-corrected chi connectivity index (χ2v) is 8.10. The first-order valence-electron chi connectivity index (χ1n) is 10.1. The average Bonchev–Trinajstić information content (AvgIpc) is 3.51. The maximum atomic E-state index is 13.2. The number of para-hydroxylation sites is 1. The molecule has 2 bridgehead atoms. The zero-order valence-electron chi connectivity index (χ0n) is 16.7. The Morgan fingerprint density at radius 3 is 2.97 bits per heavy atom. The van der Waals surface area contributed by atoms with Crippen LogP contribution in [0.5, 0.6) is 5.75 Å². The van der Waals surface area contributed by atoms with E-state index >= 15 is 0 Å². The van der Waals surface area contributed by atoms with Crippen molar-refractivity contribution in [2.45, 2.75) is 18.2 Å². The highest BCUT2D eigenvalue weighted by Crippen LogP contribution is 2.52. The molecule has 2 aromatic rings. The summed E-state index contributed by atoms with van der Waals surface area (Å²) >= 11 is 0. The largest absolute Gasteiger partial charge is 0.492 e. The molecule has 3 aliphatic heterocycles. The number of carbonyl (C=O) groups is 2. The van der Waals surface area contributed by atoms with Crippen molar-refractivity contribution in [1.82, 2.24) is 20.0 Å². The molecule has 1 aromatic carbocycles. The third-order valence-electron chi connectivity index (χ3n) is 6.18. The lowest BCUT2D eigenvalue weighted by Gasteiger charge is -2.27. The van der Waals surface area contributed by atoms with Crippen LogP contribution in [-0.4, -0.2) is 70.3 Å². The fourth-order valence-electron chi connectivity index (χ4n) is 4.80. The number of ether oxygens (including phenoxy) is 2. The van der Waals surface area contributed by atoms with Gasteiger partial charge in [-0.05, 0) is 18.2 Å². The Bertz CT molecular complexity index is 961. The first-order chi connectivity index (χ1) is 14.6. The molecule has 5 rings (SSSR count). The van der Waals surface area contributed by atoms with Gasteiger partial charge in [0.2, 0.25) is 11.8 Å². The summed E-state index contributed by atoms with van der Waals surface area (Å²) in [6.07, 6.45) is 5.21. The van der Waals surface area contributed by atoms with Crippen LogP contribution >= 0.6 is 0 Å². The van der Waals surface area contributed by atoms with Crippen LogP contribution in [0.1, 0.15) is 5.69 Å². The number of carbonyl (C=O) groups excluding carboxylic acids is 2. The molecule has 156 valence electrons. The number of rotatable bonds is 7. The SMILES string of the molecule is CN(Cc1ccn[nH]1)C(=O)C1C2C(=O)N(CCOc3ccccc3)C[C@@]23C=C[C@@H]1O3. The number of H-pyrrole nitrogens is 1. The van der Waals surface area contributed by atoms with Gasteiger partial charge in [-0.1, -0.05) is 30.4 Å². The molecule has 2 saturated heterocycles. The fourth-order valence-corrected chi connectivity index (χ4v) is 4.80. The first-order valence-corrected chi connectivity index (χ1v) is 10.1. The highest BCUT2D eigenvalue weighted by molar-refractivity contribution is 5.93. The van der Waals surface area contributed by atoms with E-state index in [9.17, 15) is 9.59 Å². The lowest BCUT2D eigenvalue weighted by Crippen LogP contribution is -2.44. The van der Waals surface area contributed by atoms with Crippen LogP contribution in [0.3, 0.4) is 0 Å². The Hall–Kier alpha value is -3.13. The summed E-state index contributed by atoms with van der Waals surface area (Å²) in [5, 5.41) is 6.79. The number of aromatic nitrogens is 2. The van der Waals surface area contributed by atoms with Crippen molar-refractivity contribution in [3.8, 4) is 5.75 Å². The van der Waals surface area contributed by atoms with Crippen molar-refractivity contribution in [1.29, 1.82) is 0 Å². The summed E-state index contributed by atoms with van der Waals surface area (Å²) in [6.45, 7) is 1.72. The molecule has 0 aliphatic carbocycles. The lowest BCUT2D eigenvalue weighted by atomic mass is 9.76. The van der Waals surface area contributed by atoms with E-state index in [0.717, 1.165) is 11.4 Å². The van der Waals surface area contributed by atoms with Crippen LogP contribution in [0, 0.1) is 11.8 Å². The van der Waals surface area contributed by atoms with E-state index in [0.29, 0.717) is 26.2 Å². The lowest BCUT2D eigenvalue weighted by molar-refractivity contribution is -0.142. The van der Waals surface area contributed by atoms with Crippen molar-refractivity contribution in [2.24, 2.45) is 11.8 Å². The van der Waals surface area contributed by atoms with Gasteiger partial charge in [-0.15, -0.1) is 0 Å². The Morgan fingerprint density at radius 1 is 1.37 bits per heavy atom. The van der Waals surface area contributed by atoms with Crippen molar-refractivity contribution in [2.75, 3.05) is 26.7 Å². The molecule has 2 unspecified atom stereocenters. The second-order valence-electron chi connectivity index (χ2n) is 8.10. The Balaban J connectivity index is 1.27. The smallest absolute Gasteiger partial charge is 0.230 e. The number of likely N-dealkylation sites (tertiary alicyclic amines) is 1. The third kappa shape index (κ3) is 3.08. The summed E-state index contributed by atoms with van der Waals surface area (Å²) in [5.74, 6) is -0.335. The minimum absolute atomic E-state index is 0.0354. The average molecular weight is 408 g/mol. The second kappa shape index (κ2) is 7.28. The van der Waals surface area contributed by atoms with Crippen molar-refractivity contribution >= 4 is 11.8 Å². The van der Waals surface area contributed by atoms with Crippen LogP contribution in [-0.2, 0) is 20.9 Å². The zero-order valence-corrected chi connectivity index (χ0v) is 16.7. The first kappa shape index (κ1) is 18.9. The molecule has 4 atom stereocenters. The van der Waals surface area contributed by atoms with E-state index in [1.54, 1.807) is 23.0 Å². The van der Waals surface area contributed by atoms with Gasteiger partial charge in [0, 0.05) is 13.2 Å². The maximum absolute atomic E-state index is 13.2. The van der Waals surface area contributed by atoms with Gasteiger partial charge in [0.25, 0.3) is 0 Å². The van der Waals surface area contributed by atoms with Crippen LogP contribution < -0.4 is 4.74 Å². The summed E-state index contributed by atoms with van der Waals surface area (Å²) in [5.41, 5.74) is 0.140. The molecule has 2 amide bonds. The molecule has 1 aromatic heterocycles. The van der Waals surface area contributed by atoms with E-state index in [2.05, 4.69) is 10.2 Å². The number of nitrogens with zero attached hydrogens (tertiary/aromatic N) is 3. The van der Waals surface area contributed by atoms with Crippen LogP contribution in [0.25, 0.3) is 0 Å². The molecule has 1 N–H and O–H groups in total. The van der Waals surface area contributed by atoms with Gasteiger partial charge >= 0.3 is 0 Å². The Kier molecular flexibility index (Phi) is 4.58. The molecule has 3 aliphatic rings. The number of hydrogen-bond acceptors (Lipinski definition) is 5. The molecule has 0 radical (unpaired) electrons. The standard InChI is InChI=1S/C22H24N4O4/c1-25(13-15-8-10-23-24-15)20(27)18-17-7-9-22(30-17)14-26(21(28)19(18)22)11-12-29-16-5-3-2-4-6-16/h2-10,17-19H,11-14H2,1H3,(H,23,24)/t17-,18?,19?,22-/m0/s1. The normalized spacial score (nSPS) is 28.8. The molecular weight excluding hydrogens is 384 g/mol. The number of hydrogen-bond donors (Lipinski definition) is 1. The van der Waals surface area contributed by atoms with Gasteiger partial charge in [-0.2, -0.15) is 5.10 Å². The van der Waals surface area contributed by atoms with Gasteiger partial charge in [-0.25, -0.2) is 0 Å². The Morgan fingerprint density at radius 2 is 2.20 bits per heavy atom. The number of fused-ring (bicyclic) bond motifs is 1. The monoisotopic (exact) mass is 408 g/mol. The minimum atomic E-state index is -0.705. The molecule has 8 nitrogen and oxygen atoms in total. The van der Waals surface area contributed by atoms with E-state index < -0.39 is 17.4 Å². The Labute approximate surface area is 174 Å². The molecule has 1 spiro atoms. The van der Waals surface area contributed by atoms with E-state index in [1.807, 2.05) is 48.6 Å². The molecular formula is C22H24N4O4. The maximum Gasteiger partial charge on any atom is 0.230 e. The predicted molar refractivity (Wildman–Crippen MR) is 107 cm³/mol. The van der Waals surface area contributed by atoms with Crippen molar-refractivity contribution in [3.05, 3.63) is 60.4 Å². The summed E-state index contributed by atoms with van der Waals surface area (Å²) < 4.78 is 11.9. The predicted octanol–water partition coefficient (Wildman–Crippen LogP) is 1.23. The number of amides is 2. The minimum Gasteiger partial charge on any atom is -0.492 e. The fraction of sp³-hybridized carbons (Fsp3) is 0.409. The van der Waals surface area contributed by atoms with Gasteiger partial charge < -0.3 is 19.3 Å². The van der Waals surface area contributed by atoms with Crippen LogP contribution in [0.15, 0.2) is 54.7 Å². The quantitative estimate of drug-likeness (QED) is 0.697. The van der Waals surface area contributed by atoms with Gasteiger partial charge in [-0.3, -0.25) is 14.7 Å². The van der Waals surface area contributed by atoms with E-state index in [1.165, 1.54) is 0 Å². The highest BCUT2D eigenvalue weighted by Gasteiger charge is 2.67. The van der Waals surface area contributed by atoms with E-state index in [4.69, 9.17) is 9.47 Å². The number of benzene rings is 1. The third-order valence-corrected chi connectivity index (χ3v) is 6.18. The summed E-state index contributed by atoms with van der Waals surface area (Å²) in [6, 6.07) is 11.4. The molecule has 2 fully saturated rings. The molecule has 8 heteroatoms. The van der Waals surface area contributed by atoms with E-state index in [-0.39, 0.29) is 17.9 Å². The van der Waals surface area contributed by atoms with Gasteiger partial charge in [0.05, 0.1) is 43.3 Å². The van der Waals surface area contributed by atoms with Crippen molar-refractivity contribution in [3.63, 3.8) is 0 Å². The van der Waals surface area contributed by atoms with Gasteiger partial charge in [0.15, 0.2) is 0 Å². The summed E-state index contributed by atoms with van der Waals surface area (Å²) in [7, 11) is 1.75. The van der Waals surface area contributed by atoms with Crippen LogP contribution in [0.2, 0.25) is 0 Å². The number of aromatic amines is 1. The van der Waals surface area contributed by atoms with Crippen molar-refractivity contribution < 1.29 is 19.1 Å². The van der Waals surface area contributed by atoms with Crippen LogP contribution in [0.4, 0.5) is 0 Å². The zero-order chi connectivity index (χ0) is 20.7.